The molecule has 1 aliphatic rings. The van der Waals surface area contributed by atoms with Crippen LogP contribution in [0.1, 0.15) is 34.9 Å². The minimum Gasteiger partial charge on any atom is -0.464 e. The van der Waals surface area contributed by atoms with Crippen LogP contribution in [0.4, 0.5) is 0 Å². The lowest BCUT2D eigenvalue weighted by Gasteiger charge is -2.20. The van der Waals surface area contributed by atoms with E-state index in [0.29, 0.717) is 18.3 Å². The van der Waals surface area contributed by atoms with Gasteiger partial charge in [-0.1, -0.05) is 0 Å². The maximum absolute atomic E-state index is 12.5. The molecule has 19 heavy (non-hydrogen) atoms. The molecule has 0 radical (unpaired) electrons. The molecule has 1 amide bonds. The summed E-state index contributed by atoms with van der Waals surface area (Å²) in [4.78, 5) is 17.4. The number of hydrogen-bond acceptors (Lipinski definition) is 2. The molecule has 2 aromatic heterocycles. The Morgan fingerprint density at radius 1 is 1.53 bits per heavy atom. The fourth-order valence-electron chi connectivity index (χ4n) is 2.14. The average Bonchev–Trinajstić information content (AvgIpc) is 3.00. The summed E-state index contributed by atoms with van der Waals surface area (Å²) >= 11 is 3.35. The van der Waals surface area contributed by atoms with Gasteiger partial charge in [-0.2, -0.15) is 0 Å². The molecule has 1 N–H and O–H groups in total. The van der Waals surface area contributed by atoms with E-state index in [0.717, 1.165) is 28.8 Å². The van der Waals surface area contributed by atoms with E-state index >= 15 is 0 Å². The predicted molar refractivity (Wildman–Crippen MR) is 74.8 cm³/mol. The Balaban J connectivity index is 1.79. The monoisotopic (exact) mass is 322 g/mol. The molecular formula is C14H15BrN2O2. The number of aromatic nitrogens is 1. The number of carbonyl (C=O) groups is 1. The van der Waals surface area contributed by atoms with Gasteiger partial charge in [0.15, 0.2) is 0 Å². The number of carbonyl (C=O) groups excluding carboxylic acids is 1. The summed E-state index contributed by atoms with van der Waals surface area (Å²) < 4.78 is 6.46. The van der Waals surface area contributed by atoms with Crippen LogP contribution in [0.2, 0.25) is 0 Å². The summed E-state index contributed by atoms with van der Waals surface area (Å²) in [6.07, 6.45) is 3.93. The molecule has 1 fully saturated rings. The molecule has 0 atom stereocenters. The summed E-state index contributed by atoms with van der Waals surface area (Å²) in [6.45, 7) is 2.45. The molecule has 1 aliphatic carbocycles. The number of aromatic amines is 1. The molecule has 1 saturated carbocycles. The smallest absolute Gasteiger partial charge is 0.270 e. The number of aryl methyl sites for hydroxylation is 1. The number of H-pyrrole nitrogens is 1. The van der Waals surface area contributed by atoms with Gasteiger partial charge in [-0.15, -0.1) is 0 Å². The van der Waals surface area contributed by atoms with E-state index in [1.807, 2.05) is 30.0 Å². The molecule has 0 aromatic carbocycles. The molecule has 0 spiro atoms. The van der Waals surface area contributed by atoms with Crippen molar-refractivity contribution in [3.63, 3.8) is 0 Å². The minimum absolute atomic E-state index is 0.0299. The number of nitrogens with one attached hydrogen (secondary N) is 1. The van der Waals surface area contributed by atoms with Gasteiger partial charge in [0.05, 0.1) is 6.54 Å². The molecule has 0 unspecified atom stereocenters. The van der Waals surface area contributed by atoms with Crippen molar-refractivity contribution in [2.45, 2.75) is 32.4 Å². The summed E-state index contributed by atoms with van der Waals surface area (Å²) in [6, 6.07) is 6.02. The van der Waals surface area contributed by atoms with E-state index in [-0.39, 0.29) is 5.91 Å². The molecule has 2 heterocycles. The molecule has 3 rings (SSSR count). The SMILES string of the molecule is Cc1ccc(CN(C(=O)c2cc(Br)c[nH]2)C2CC2)o1. The van der Waals surface area contributed by atoms with E-state index in [2.05, 4.69) is 20.9 Å². The summed E-state index contributed by atoms with van der Waals surface area (Å²) in [5, 5.41) is 0. The van der Waals surface area contributed by atoms with Gasteiger partial charge in [-0.05, 0) is 53.9 Å². The van der Waals surface area contributed by atoms with Crippen LogP contribution >= 0.6 is 15.9 Å². The molecule has 0 aliphatic heterocycles. The van der Waals surface area contributed by atoms with Gasteiger partial charge in [0.2, 0.25) is 0 Å². The Hall–Kier alpha value is -1.49. The number of rotatable bonds is 4. The van der Waals surface area contributed by atoms with Crippen molar-refractivity contribution in [1.29, 1.82) is 0 Å². The van der Waals surface area contributed by atoms with E-state index < -0.39 is 0 Å². The number of furan rings is 1. The summed E-state index contributed by atoms with van der Waals surface area (Å²) in [7, 11) is 0. The summed E-state index contributed by atoms with van der Waals surface area (Å²) in [5.74, 6) is 1.74. The van der Waals surface area contributed by atoms with Crippen molar-refractivity contribution >= 4 is 21.8 Å². The lowest BCUT2D eigenvalue weighted by Crippen LogP contribution is -2.32. The van der Waals surface area contributed by atoms with Crippen LogP contribution in [0, 0.1) is 6.92 Å². The highest BCUT2D eigenvalue weighted by Crippen LogP contribution is 2.30. The fourth-order valence-corrected chi connectivity index (χ4v) is 2.48. The molecule has 2 aromatic rings. The lowest BCUT2D eigenvalue weighted by molar-refractivity contribution is 0.0711. The van der Waals surface area contributed by atoms with E-state index in [1.165, 1.54) is 0 Å². The number of amides is 1. The Kier molecular flexibility index (Phi) is 3.22. The highest BCUT2D eigenvalue weighted by atomic mass is 79.9. The van der Waals surface area contributed by atoms with E-state index in [9.17, 15) is 4.79 Å². The molecule has 5 heteroatoms. The van der Waals surface area contributed by atoms with Crippen molar-refractivity contribution in [3.05, 3.63) is 46.1 Å². The van der Waals surface area contributed by atoms with Crippen molar-refractivity contribution in [3.8, 4) is 0 Å². The highest BCUT2D eigenvalue weighted by Gasteiger charge is 2.34. The Labute approximate surface area is 119 Å². The Morgan fingerprint density at radius 3 is 2.84 bits per heavy atom. The molecule has 0 bridgehead atoms. The zero-order chi connectivity index (χ0) is 13.4. The van der Waals surface area contributed by atoms with Gasteiger partial charge in [-0.3, -0.25) is 4.79 Å². The van der Waals surface area contributed by atoms with Gasteiger partial charge < -0.3 is 14.3 Å². The van der Waals surface area contributed by atoms with Crippen LogP contribution in [0.15, 0.2) is 33.3 Å². The zero-order valence-corrected chi connectivity index (χ0v) is 12.2. The first-order valence-corrected chi connectivity index (χ1v) is 7.13. The first-order valence-electron chi connectivity index (χ1n) is 6.33. The standard InChI is InChI=1S/C14H15BrN2O2/c1-9-2-5-12(19-9)8-17(11-3-4-11)14(18)13-6-10(15)7-16-13/h2,5-7,11,16H,3-4,8H2,1H3. The van der Waals surface area contributed by atoms with Crippen LogP contribution in [-0.2, 0) is 6.54 Å². The first-order chi connectivity index (χ1) is 9.13. The lowest BCUT2D eigenvalue weighted by atomic mass is 10.3. The van der Waals surface area contributed by atoms with Crippen LogP contribution < -0.4 is 0 Å². The highest BCUT2D eigenvalue weighted by molar-refractivity contribution is 9.10. The zero-order valence-electron chi connectivity index (χ0n) is 10.6. The van der Waals surface area contributed by atoms with Gasteiger partial charge in [0.1, 0.15) is 17.2 Å². The van der Waals surface area contributed by atoms with E-state index in [1.54, 1.807) is 6.20 Å². The second-order valence-electron chi connectivity index (χ2n) is 4.91. The second kappa shape index (κ2) is 4.89. The fraction of sp³-hybridized carbons (Fsp3) is 0.357. The van der Waals surface area contributed by atoms with Crippen LogP contribution in [0.3, 0.4) is 0 Å². The molecular weight excluding hydrogens is 308 g/mol. The van der Waals surface area contributed by atoms with Crippen molar-refractivity contribution in [2.24, 2.45) is 0 Å². The average molecular weight is 323 g/mol. The van der Waals surface area contributed by atoms with Crippen LogP contribution in [0.25, 0.3) is 0 Å². The quantitative estimate of drug-likeness (QED) is 0.936. The van der Waals surface area contributed by atoms with Gasteiger partial charge >= 0.3 is 0 Å². The topological polar surface area (TPSA) is 49.2 Å². The third kappa shape index (κ3) is 2.76. The largest absolute Gasteiger partial charge is 0.464 e. The van der Waals surface area contributed by atoms with Crippen LogP contribution in [0.5, 0.6) is 0 Å². The van der Waals surface area contributed by atoms with Gasteiger partial charge in [0.25, 0.3) is 5.91 Å². The Bertz CT molecular complexity index is 598. The van der Waals surface area contributed by atoms with Crippen molar-refractivity contribution < 1.29 is 9.21 Å². The van der Waals surface area contributed by atoms with Gasteiger partial charge in [0, 0.05) is 16.7 Å². The maximum Gasteiger partial charge on any atom is 0.270 e. The minimum atomic E-state index is 0.0299. The third-order valence-electron chi connectivity index (χ3n) is 3.25. The van der Waals surface area contributed by atoms with Crippen LogP contribution in [-0.4, -0.2) is 21.8 Å². The second-order valence-corrected chi connectivity index (χ2v) is 5.82. The molecule has 100 valence electrons. The first kappa shape index (κ1) is 12.5. The third-order valence-corrected chi connectivity index (χ3v) is 3.71. The Morgan fingerprint density at radius 2 is 2.32 bits per heavy atom. The maximum atomic E-state index is 12.5. The van der Waals surface area contributed by atoms with Gasteiger partial charge in [-0.25, -0.2) is 0 Å². The summed E-state index contributed by atoms with van der Waals surface area (Å²) in [5.41, 5.74) is 0.613. The number of hydrogen-bond donors (Lipinski definition) is 1. The van der Waals surface area contributed by atoms with Crippen molar-refractivity contribution in [1.82, 2.24) is 9.88 Å². The molecule has 4 nitrogen and oxygen atoms in total. The van der Waals surface area contributed by atoms with Crippen molar-refractivity contribution in [2.75, 3.05) is 0 Å². The normalized spacial score (nSPS) is 14.6. The molecule has 0 saturated heterocycles. The number of nitrogens with zero attached hydrogens (tertiary/aromatic N) is 1. The van der Waals surface area contributed by atoms with E-state index in [4.69, 9.17) is 4.42 Å². The number of halogens is 1. The predicted octanol–water partition coefficient (Wildman–Crippen LogP) is 3.48.